The summed E-state index contributed by atoms with van der Waals surface area (Å²) in [6, 6.07) is 17.0. The van der Waals surface area contributed by atoms with Crippen LogP contribution in [-0.2, 0) is 25.7 Å². The van der Waals surface area contributed by atoms with Gasteiger partial charge in [0.05, 0.1) is 17.4 Å². The van der Waals surface area contributed by atoms with Crippen LogP contribution in [-0.4, -0.2) is 89.2 Å². The van der Waals surface area contributed by atoms with E-state index in [1.54, 1.807) is 9.80 Å². The van der Waals surface area contributed by atoms with Gasteiger partial charge in [-0.15, -0.1) is 0 Å². The van der Waals surface area contributed by atoms with E-state index in [9.17, 15) is 19.5 Å². The summed E-state index contributed by atoms with van der Waals surface area (Å²) < 4.78 is 7.13. The van der Waals surface area contributed by atoms with E-state index < -0.39 is 29.1 Å². The molecule has 6 rings (SSSR count). The molecule has 250 valence electrons. The fraction of sp³-hybridized carbons (Fsp3) is 0.500. The number of carbonyl (C=O) groups is 3. The van der Waals surface area contributed by atoms with Crippen molar-refractivity contribution in [3.8, 4) is 0 Å². The van der Waals surface area contributed by atoms with E-state index in [1.165, 1.54) is 0 Å². The van der Waals surface area contributed by atoms with E-state index in [4.69, 9.17) is 4.74 Å². The molecule has 0 aliphatic carbocycles. The van der Waals surface area contributed by atoms with Gasteiger partial charge in [-0.05, 0) is 69.4 Å². The Labute approximate surface area is 278 Å². The number of fused-ring (bicyclic) bond motifs is 2. The summed E-state index contributed by atoms with van der Waals surface area (Å²) in [6.07, 6.45) is 10.3. The van der Waals surface area contributed by atoms with E-state index in [2.05, 4.69) is 18.7 Å². The average molecular weight is 641 g/mol. The Hall–Kier alpha value is -3.95. The molecule has 2 aromatic carbocycles. The Bertz CT molecular complexity index is 1510. The number of ether oxygens (including phenoxy) is 1. The van der Waals surface area contributed by atoms with Gasteiger partial charge in [-0.2, -0.15) is 0 Å². The van der Waals surface area contributed by atoms with Gasteiger partial charge < -0.3 is 29.4 Å². The zero-order valence-corrected chi connectivity index (χ0v) is 27.9. The first-order valence-corrected chi connectivity index (χ1v) is 17.3. The maximum absolute atomic E-state index is 14.8. The second-order valence-corrected chi connectivity index (χ2v) is 13.1. The highest BCUT2D eigenvalue weighted by molar-refractivity contribution is 6.06. The number of likely N-dealkylation sites (tertiary alicyclic amines) is 1. The maximum Gasteiger partial charge on any atom is 0.253 e. The van der Waals surface area contributed by atoms with Gasteiger partial charge >= 0.3 is 0 Å². The molecule has 9 heteroatoms. The zero-order chi connectivity index (χ0) is 33.2. The minimum Gasteiger partial charge on any atom is -0.396 e. The van der Waals surface area contributed by atoms with Crippen molar-refractivity contribution >= 4 is 29.1 Å². The topological polar surface area (TPSA) is 93.6 Å². The van der Waals surface area contributed by atoms with Crippen LogP contribution in [0.25, 0.3) is 0 Å². The van der Waals surface area contributed by atoms with Crippen LogP contribution in [0.15, 0.2) is 78.9 Å². The van der Waals surface area contributed by atoms with Crippen molar-refractivity contribution in [1.29, 1.82) is 0 Å². The van der Waals surface area contributed by atoms with E-state index in [1.807, 2.05) is 90.7 Å². The van der Waals surface area contributed by atoms with Crippen molar-refractivity contribution in [2.24, 2.45) is 11.8 Å². The largest absolute Gasteiger partial charge is 0.396 e. The molecular formula is C38H48N4O5. The van der Waals surface area contributed by atoms with Gasteiger partial charge in [0.2, 0.25) is 11.8 Å². The van der Waals surface area contributed by atoms with Crippen molar-refractivity contribution in [3.05, 3.63) is 84.5 Å². The van der Waals surface area contributed by atoms with Gasteiger partial charge in [-0.25, -0.2) is 0 Å². The molecule has 3 amide bonds. The molecule has 5 atom stereocenters. The quantitative estimate of drug-likeness (QED) is 0.270. The number of benzene rings is 2. The lowest BCUT2D eigenvalue weighted by Crippen LogP contribution is -2.56. The molecule has 0 aromatic heterocycles. The average Bonchev–Trinajstić information content (AvgIpc) is 3.38. The highest BCUT2D eigenvalue weighted by atomic mass is 16.5. The standard InChI is InChI=1S/C38H48N4O5/c1-4-37-21-13-23-40(27-28-15-9-7-10-16-28)34(44)31(37)32-35(45)42(24-11-8-12-26-43)33-36(46)41(25-14-22-38(32,33)47-37)30-19-17-29(18-20-30)39(5-2)6-3/h7,9-10,13-22,31-33,43H,4-6,8,11-12,23-27H2,1-3H3/t31-,32+,33?,37+,38+/m1/s1. The van der Waals surface area contributed by atoms with Crippen LogP contribution in [0, 0.1) is 11.8 Å². The summed E-state index contributed by atoms with van der Waals surface area (Å²) >= 11 is 0. The van der Waals surface area contributed by atoms with Crippen LogP contribution in [0.5, 0.6) is 0 Å². The minimum absolute atomic E-state index is 0.0746. The number of hydrogen-bond donors (Lipinski definition) is 1. The highest BCUT2D eigenvalue weighted by Gasteiger charge is 2.75. The van der Waals surface area contributed by atoms with E-state index >= 15 is 0 Å². The Balaban J connectivity index is 1.39. The molecule has 0 saturated carbocycles. The monoisotopic (exact) mass is 640 g/mol. The van der Waals surface area contributed by atoms with Crippen LogP contribution in [0.4, 0.5) is 11.4 Å². The van der Waals surface area contributed by atoms with Crippen LogP contribution in [0.2, 0.25) is 0 Å². The number of aliphatic hydroxyl groups is 1. The third-order valence-corrected chi connectivity index (χ3v) is 10.6. The van der Waals surface area contributed by atoms with Crippen molar-refractivity contribution in [1.82, 2.24) is 9.80 Å². The number of hydrogen-bond acceptors (Lipinski definition) is 6. The number of carbonyl (C=O) groups excluding carboxylic acids is 3. The molecule has 1 N–H and O–H groups in total. The Kier molecular flexibility index (Phi) is 9.58. The summed E-state index contributed by atoms with van der Waals surface area (Å²) in [5.74, 6) is -2.15. The minimum atomic E-state index is -1.29. The highest BCUT2D eigenvalue weighted by Crippen LogP contribution is 2.58. The summed E-state index contributed by atoms with van der Waals surface area (Å²) in [4.78, 5) is 51.7. The summed E-state index contributed by atoms with van der Waals surface area (Å²) in [5, 5.41) is 9.40. The van der Waals surface area contributed by atoms with E-state index in [-0.39, 0.29) is 24.3 Å². The summed E-state index contributed by atoms with van der Waals surface area (Å²) in [6.45, 7) is 9.60. The molecule has 2 aromatic rings. The number of unbranched alkanes of at least 4 members (excludes halogenated alkanes) is 2. The Morgan fingerprint density at radius 1 is 0.830 bits per heavy atom. The fourth-order valence-corrected chi connectivity index (χ4v) is 8.23. The van der Waals surface area contributed by atoms with Crippen molar-refractivity contribution in [3.63, 3.8) is 0 Å². The fourth-order valence-electron chi connectivity index (χ4n) is 8.23. The maximum atomic E-state index is 14.8. The molecule has 9 nitrogen and oxygen atoms in total. The molecule has 2 fully saturated rings. The predicted octanol–water partition coefficient (Wildman–Crippen LogP) is 4.56. The van der Waals surface area contributed by atoms with Crippen LogP contribution in [0.1, 0.15) is 52.0 Å². The normalized spacial score (nSPS) is 28.3. The third kappa shape index (κ3) is 5.67. The first-order valence-electron chi connectivity index (χ1n) is 17.3. The molecule has 4 heterocycles. The van der Waals surface area contributed by atoms with Crippen molar-refractivity contribution < 1.29 is 24.2 Å². The molecule has 1 unspecified atom stereocenters. The Morgan fingerprint density at radius 3 is 2.23 bits per heavy atom. The summed E-state index contributed by atoms with van der Waals surface area (Å²) in [7, 11) is 0. The summed E-state index contributed by atoms with van der Waals surface area (Å²) in [5.41, 5.74) is 0.544. The van der Waals surface area contributed by atoms with Gasteiger partial charge in [0, 0.05) is 57.3 Å². The van der Waals surface area contributed by atoms with Gasteiger partial charge in [0.25, 0.3) is 5.91 Å². The lowest BCUT2D eigenvalue weighted by atomic mass is 9.73. The molecule has 47 heavy (non-hydrogen) atoms. The smallest absolute Gasteiger partial charge is 0.253 e. The van der Waals surface area contributed by atoms with E-state index in [0.29, 0.717) is 45.4 Å². The van der Waals surface area contributed by atoms with Crippen LogP contribution < -0.4 is 9.80 Å². The lowest BCUT2D eigenvalue weighted by Gasteiger charge is -2.38. The lowest BCUT2D eigenvalue weighted by molar-refractivity contribution is -0.150. The first kappa shape index (κ1) is 33.0. The number of amides is 3. The van der Waals surface area contributed by atoms with Crippen molar-refractivity contribution in [2.45, 2.75) is 70.2 Å². The van der Waals surface area contributed by atoms with Gasteiger partial charge in [-0.3, -0.25) is 14.4 Å². The van der Waals surface area contributed by atoms with Crippen LogP contribution >= 0.6 is 0 Å². The molecule has 1 spiro atoms. The molecule has 2 saturated heterocycles. The number of aliphatic hydroxyl groups excluding tert-OH is 1. The van der Waals surface area contributed by atoms with Crippen molar-refractivity contribution in [2.75, 3.05) is 49.1 Å². The third-order valence-electron chi connectivity index (χ3n) is 10.6. The molecule has 0 bridgehead atoms. The molecule has 4 aliphatic rings. The molecular weight excluding hydrogens is 592 g/mol. The van der Waals surface area contributed by atoms with Gasteiger partial charge in [0.15, 0.2) is 0 Å². The molecule has 4 aliphatic heterocycles. The SMILES string of the molecule is CCN(CC)c1ccc(N2CC=C[C@]34O[C@@]5(CC)C=CCN(Cc6ccccc6)C(=O)[C@H]5[C@H]3C(=O)N(CCCCCO)C4C2=O)cc1. The first-order chi connectivity index (χ1) is 22.8. The number of rotatable bonds is 12. The van der Waals surface area contributed by atoms with E-state index in [0.717, 1.165) is 36.4 Å². The molecule has 0 radical (unpaired) electrons. The number of nitrogens with zero attached hydrogens (tertiary/aromatic N) is 4. The zero-order valence-electron chi connectivity index (χ0n) is 27.9. The number of anilines is 2. The second-order valence-electron chi connectivity index (χ2n) is 13.1. The van der Waals surface area contributed by atoms with Gasteiger partial charge in [-0.1, -0.05) is 61.6 Å². The van der Waals surface area contributed by atoms with Gasteiger partial charge in [0.1, 0.15) is 11.6 Å². The van der Waals surface area contributed by atoms with Crippen LogP contribution in [0.3, 0.4) is 0 Å². The second kappa shape index (κ2) is 13.6. The predicted molar refractivity (Wildman–Crippen MR) is 183 cm³/mol. The Morgan fingerprint density at radius 2 is 1.55 bits per heavy atom.